The molecule has 1 aromatic carbocycles. The topological polar surface area (TPSA) is 66.6 Å². The molecule has 0 saturated carbocycles. The summed E-state index contributed by atoms with van der Waals surface area (Å²) < 4.78 is 0. The second-order valence-electron chi connectivity index (χ2n) is 6.11. The average Bonchev–Trinajstić information content (AvgIpc) is 2.50. The molecule has 21 heavy (non-hydrogen) atoms. The third-order valence-corrected chi connectivity index (χ3v) is 5.01. The number of nitrogens with zero attached hydrogens (tertiary/aromatic N) is 2. The monoisotopic (exact) mass is 292 g/mol. The molecule has 1 aliphatic rings. The summed E-state index contributed by atoms with van der Waals surface area (Å²) in [5.41, 5.74) is 2.06. The maximum absolute atomic E-state index is 11.0. The van der Waals surface area contributed by atoms with Crippen LogP contribution >= 0.6 is 0 Å². The van der Waals surface area contributed by atoms with Crippen LogP contribution in [0.2, 0.25) is 0 Å². The van der Waals surface area contributed by atoms with Crippen molar-refractivity contribution < 1.29 is 10.0 Å². The van der Waals surface area contributed by atoms with Gasteiger partial charge in [0.2, 0.25) is 0 Å². The predicted molar refractivity (Wildman–Crippen MR) is 82.2 cm³/mol. The first-order valence-electron chi connectivity index (χ1n) is 7.57. The summed E-state index contributed by atoms with van der Waals surface area (Å²) in [5.74, 6) is 0. The maximum atomic E-state index is 11.0. The van der Waals surface area contributed by atoms with Crippen molar-refractivity contribution in [3.8, 4) is 0 Å². The fourth-order valence-corrected chi connectivity index (χ4v) is 3.09. The fraction of sp³-hybridized carbons (Fsp3) is 0.625. The van der Waals surface area contributed by atoms with Crippen LogP contribution in [0.25, 0.3) is 0 Å². The van der Waals surface area contributed by atoms with E-state index in [0.717, 1.165) is 50.0 Å². The largest absolute Gasteiger partial charge is 0.396 e. The number of aliphatic hydroxyl groups excluding tert-OH is 1. The van der Waals surface area contributed by atoms with Crippen molar-refractivity contribution in [3.63, 3.8) is 0 Å². The lowest BCUT2D eigenvalue weighted by atomic mass is 9.77. The summed E-state index contributed by atoms with van der Waals surface area (Å²) in [6.45, 7) is 6.84. The smallest absolute Gasteiger partial charge is 0.272 e. The molecule has 1 N–H and O–H groups in total. The summed E-state index contributed by atoms with van der Waals surface area (Å²) in [4.78, 5) is 13.0. The van der Waals surface area contributed by atoms with Gasteiger partial charge in [0.05, 0.1) is 4.92 Å². The summed E-state index contributed by atoms with van der Waals surface area (Å²) in [6, 6.07) is 5.29. The third-order valence-electron chi connectivity index (χ3n) is 5.01. The van der Waals surface area contributed by atoms with Gasteiger partial charge < -0.3 is 5.11 Å². The molecule has 0 aromatic heterocycles. The van der Waals surface area contributed by atoms with Crippen molar-refractivity contribution in [2.45, 2.75) is 39.7 Å². The Balaban J connectivity index is 2.04. The molecule has 0 atom stereocenters. The summed E-state index contributed by atoms with van der Waals surface area (Å²) in [5, 5.41) is 20.6. The standard InChI is InChI=1S/C16H24N2O3/c1-3-16(12-19)7-9-17(10-8-16)11-14-5-4-6-15(13(14)2)18(20)21/h4-6,19H,3,7-12H2,1-2H3. The molecule has 5 nitrogen and oxygen atoms in total. The van der Waals surface area contributed by atoms with Gasteiger partial charge in [0.25, 0.3) is 5.69 Å². The first-order chi connectivity index (χ1) is 10.0. The first-order valence-corrected chi connectivity index (χ1v) is 7.57. The quantitative estimate of drug-likeness (QED) is 0.669. The predicted octanol–water partition coefficient (Wildman–Crippen LogP) is 2.89. The minimum Gasteiger partial charge on any atom is -0.396 e. The van der Waals surface area contributed by atoms with Crippen LogP contribution in [0.4, 0.5) is 5.69 Å². The zero-order chi connectivity index (χ0) is 15.5. The highest BCUT2D eigenvalue weighted by Crippen LogP contribution is 2.35. The maximum Gasteiger partial charge on any atom is 0.272 e. The van der Waals surface area contributed by atoms with Crippen LogP contribution < -0.4 is 0 Å². The fourth-order valence-electron chi connectivity index (χ4n) is 3.09. The van der Waals surface area contributed by atoms with E-state index >= 15 is 0 Å². The number of hydrogen-bond donors (Lipinski definition) is 1. The number of likely N-dealkylation sites (tertiary alicyclic amines) is 1. The highest BCUT2D eigenvalue weighted by atomic mass is 16.6. The van der Waals surface area contributed by atoms with Gasteiger partial charge in [-0.1, -0.05) is 19.1 Å². The molecule has 5 heteroatoms. The molecule has 0 amide bonds. The van der Waals surface area contributed by atoms with E-state index in [2.05, 4.69) is 11.8 Å². The van der Waals surface area contributed by atoms with Crippen molar-refractivity contribution in [3.05, 3.63) is 39.4 Å². The normalized spacial score (nSPS) is 18.6. The second kappa shape index (κ2) is 6.54. The van der Waals surface area contributed by atoms with E-state index in [-0.39, 0.29) is 22.6 Å². The van der Waals surface area contributed by atoms with Gasteiger partial charge in [0.15, 0.2) is 0 Å². The van der Waals surface area contributed by atoms with Crippen molar-refractivity contribution in [1.82, 2.24) is 4.90 Å². The number of rotatable bonds is 5. The molecule has 1 saturated heterocycles. The van der Waals surface area contributed by atoms with E-state index < -0.39 is 0 Å². The number of piperidine rings is 1. The van der Waals surface area contributed by atoms with E-state index in [1.165, 1.54) is 0 Å². The Morgan fingerprint density at radius 2 is 2.05 bits per heavy atom. The lowest BCUT2D eigenvalue weighted by Gasteiger charge is -2.40. The summed E-state index contributed by atoms with van der Waals surface area (Å²) in [6.07, 6.45) is 3.00. The molecular formula is C16H24N2O3. The van der Waals surface area contributed by atoms with E-state index in [0.29, 0.717) is 0 Å². The van der Waals surface area contributed by atoms with Crippen LogP contribution in [-0.2, 0) is 6.54 Å². The highest BCUT2D eigenvalue weighted by Gasteiger charge is 2.32. The van der Waals surface area contributed by atoms with Gasteiger partial charge in [0, 0.05) is 24.8 Å². The van der Waals surface area contributed by atoms with Gasteiger partial charge in [-0.15, -0.1) is 0 Å². The Morgan fingerprint density at radius 3 is 2.57 bits per heavy atom. The lowest BCUT2D eigenvalue weighted by molar-refractivity contribution is -0.385. The van der Waals surface area contributed by atoms with Crippen molar-refractivity contribution in [2.75, 3.05) is 19.7 Å². The van der Waals surface area contributed by atoms with Gasteiger partial charge in [-0.25, -0.2) is 0 Å². The van der Waals surface area contributed by atoms with Crippen LogP contribution in [0, 0.1) is 22.5 Å². The molecule has 0 spiro atoms. The number of nitro groups is 1. The van der Waals surface area contributed by atoms with Gasteiger partial charge in [-0.05, 0) is 50.3 Å². The minimum atomic E-state index is -0.317. The van der Waals surface area contributed by atoms with Crippen molar-refractivity contribution in [1.29, 1.82) is 0 Å². The Morgan fingerprint density at radius 1 is 1.38 bits per heavy atom. The summed E-state index contributed by atoms with van der Waals surface area (Å²) >= 11 is 0. The Bertz CT molecular complexity index is 502. The molecule has 0 radical (unpaired) electrons. The van der Waals surface area contributed by atoms with Crippen LogP contribution in [0.15, 0.2) is 18.2 Å². The molecular weight excluding hydrogens is 268 g/mol. The van der Waals surface area contributed by atoms with E-state index in [9.17, 15) is 15.2 Å². The van der Waals surface area contributed by atoms with Crippen LogP contribution in [0.5, 0.6) is 0 Å². The van der Waals surface area contributed by atoms with Crippen molar-refractivity contribution in [2.24, 2.45) is 5.41 Å². The first kappa shape index (κ1) is 15.9. The molecule has 1 aliphatic heterocycles. The highest BCUT2D eigenvalue weighted by molar-refractivity contribution is 5.44. The molecule has 1 heterocycles. The van der Waals surface area contributed by atoms with Crippen molar-refractivity contribution >= 4 is 5.69 Å². The van der Waals surface area contributed by atoms with E-state index in [1.54, 1.807) is 12.1 Å². The second-order valence-corrected chi connectivity index (χ2v) is 6.11. The number of hydrogen-bond acceptors (Lipinski definition) is 4. The van der Waals surface area contributed by atoms with Gasteiger partial charge in [0.1, 0.15) is 0 Å². The molecule has 1 aromatic rings. The lowest BCUT2D eigenvalue weighted by Crippen LogP contribution is -2.41. The number of nitro benzene ring substituents is 1. The number of aliphatic hydroxyl groups is 1. The van der Waals surface area contributed by atoms with Gasteiger partial charge >= 0.3 is 0 Å². The minimum absolute atomic E-state index is 0.0776. The third kappa shape index (κ3) is 3.41. The molecule has 2 rings (SSSR count). The zero-order valence-corrected chi connectivity index (χ0v) is 12.8. The Labute approximate surface area is 125 Å². The van der Waals surface area contributed by atoms with Gasteiger partial charge in [-0.3, -0.25) is 15.0 Å². The van der Waals surface area contributed by atoms with Crippen LogP contribution in [-0.4, -0.2) is 34.6 Å². The average molecular weight is 292 g/mol. The molecule has 0 bridgehead atoms. The van der Waals surface area contributed by atoms with E-state index in [1.807, 2.05) is 13.0 Å². The molecule has 116 valence electrons. The Kier molecular flexibility index (Phi) is 4.96. The number of benzene rings is 1. The molecule has 0 aliphatic carbocycles. The van der Waals surface area contributed by atoms with Gasteiger partial charge in [-0.2, -0.15) is 0 Å². The molecule has 0 unspecified atom stereocenters. The molecule has 1 fully saturated rings. The Hall–Kier alpha value is -1.46. The van der Waals surface area contributed by atoms with Crippen LogP contribution in [0.3, 0.4) is 0 Å². The van der Waals surface area contributed by atoms with E-state index in [4.69, 9.17) is 0 Å². The summed E-state index contributed by atoms with van der Waals surface area (Å²) in [7, 11) is 0. The van der Waals surface area contributed by atoms with Crippen LogP contribution in [0.1, 0.15) is 37.3 Å². The SMILES string of the molecule is CCC1(CO)CCN(Cc2cccc([N+](=O)[O-])c2C)CC1. The zero-order valence-electron chi connectivity index (χ0n) is 12.8.